The molecule has 0 N–H and O–H groups in total. The highest BCUT2D eigenvalue weighted by molar-refractivity contribution is 7.36. The van der Waals surface area contributed by atoms with Gasteiger partial charge in [0, 0.05) is 36.7 Å². The fourth-order valence-electron chi connectivity index (χ4n) is 4.11. The third kappa shape index (κ3) is 7.12. The highest BCUT2D eigenvalue weighted by atomic mass is 32.2. The number of rotatable bonds is 10. The maximum absolute atomic E-state index is 4.81. The van der Waals surface area contributed by atoms with Crippen molar-refractivity contribution in [3.05, 3.63) is 151 Å². The fraction of sp³-hybridized carbons (Fsp3) is 0.118. The van der Waals surface area contributed by atoms with Crippen LogP contribution in [0.1, 0.15) is 22.3 Å². The molecule has 0 unspecified atom stereocenters. The van der Waals surface area contributed by atoms with Gasteiger partial charge in [0.25, 0.3) is 0 Å². The minimum Gasteiger partial charge on any atom is -0.292 e. The molecule has 4 heteroatoms. The van der Waals surface area contributed by atoms with Gasteiger partial charge in [0.15, 0.2) is 0 Å². The number of hydrogen-bond donors (Lipinski definition) is 0. The first-order valence-electron chi connectivity index (χ1n) is 12.9. The molecule has 0 amide bonds. The molecule has 0 saturated heterocycles. The SMILES string of the molecule is C(=NCCc1ccccc1)C(c1ccccc1)=c1sc(=C(C=NCCc2ccccc2)c2ccccc2)s1. The van der Waals surface area contributed by atoms with Crippen molar-refractivity contribution < 1.29 is 0 Å². The van der Waals surface area contributed by atoms with Crippen LogP contribution in [0.5, 0.6) is 0 Å². The Kier molecular flexibility index (Phi) is 9.24. The molecule has 5 rings (SSSR count). The van der Waals surface area contributed by atoms with Gasteiger partial charge in [-0.05, 0) is 35.1 Å². The first-order chi connectivity index (χ1) is 18.9. The van der Waals surface area contributed by atoms with E-state index in [1.807, 2.05) is 22.7 Å². The van der Waals surface area contributed by atoms with Crippen LogP contribution in [0.4, 0.5) is 0 Å². The van der Waals surface area contributed by atoms with E-state index in [-0.39, 0.29) is 0 Å². The summed E-state index contributed by atoms with van der Waals surface area (Å²) in [5.74, 6) is 0. The van der Waals surface area contributed by atoms with Crippen molar-refractivity contribution in [3.8, 4) is 0 Å². The second-order valence-corrected chi connectivity index (χ2v) is 11.4. The van der Waals surface area contributed by atoms with Crippen molar-refractivity contribution in [2.24, 2.45) is 9.98 Å². The Hall–Kier alpha value is -3.86. The lowest BCUT2D eigenvalue weighted by Gasteiger charge is -2.07. The van der Waals surface area contributed by atoms with Gasteiger partial charge < -0.3 is 0 Å². The van der Waals surface area contributed by atoms with Gasteiger partial charge in [0.2, 0.25) is 0 Å². The smallest absolute Gasteiger partial charge is 0.0915 e. The van der Waals surface area contributed by atoms with Crippen LogP contribution in [0.3, 0.4) is 0 Å². The van der Waals surface area contributed by atoms with E-state index in [0.717, 1.165) is 25.9 Å². The van der Waals surface area contributed by atoms with Crippen molar-refractivity contribution in [2.45, 2.75) is 12.8 Å². The zero-order chi connectivity index (χ0) is 25.8. The molecule has 0 saturated carbocycles. The Bertz CT molecular complexity index is 1440. The summed E-state index contributed by atoms with van der Waals surface area (Å²) in [5.41, 5.74) is 7.40. The van der Waals surface area contributed by atoms with Crippen molar-refractivity contribution in [1.82, 2.24) is 0 Å². The number of aliphatic imine (C=N–C) groups is 2. The lowest BCUT2D eigenvalue weighted by molar-refractivity contribution is 0.974. The molecule has 0 bridgehead atoms. The van der Waals surface area contributed by atoms with E-state index in [1.165, 1.54) is 41.1 Å². The number of nitrogens with zero attached hydrogens (tertiary/aromatic N) is 2. The normalized spacial score (nSPS) is 11.4. The fourth-order valence-corrected chi connectivity index (χ4v) is 6.33. The van der Waals surface area contributed by atoms with E-state index < -0.39 is 0 Å². The predicted molar refractivity (Wildman–Crippen MR) is 166 cm³/mol. The van der Waals surface area contributed by atoms with Crippen molar-refractivity contribution in [3.63, 3.8) is 0 Å². The van der Waals surface area contributed by atoms with Crippen molar-refractivity contribution >= 4 is 46.2 Å². The average Bonchev–Trinajstić information content (AvgIpc) is 2.96. The highest BCUT2D eigenvalue weighted by Crippen LogP contribution is 2.15. The Balaban J connectivity index is 1.43. The molecule has 0 aliphatic heterocycles. The maximum atomic E-state index is 4.81. The van der Waals surface area contributed by atoms with Gasteiger partial charge in [0.05, 0.1) is 7.69 Å². The molecule has 0 spiro atoms. The Morgan fingerprint density at radius 1 is 0.474 bits per heavy atom. The molecule has 4 aromatic carbocycles. The van der Waals surface area contributed by atoms with Crippen LogP contribution in [0.2, 0.25) is 0 Å². The monoisotopic (exact) mass is 530 g/mol. The molecular weight excluding hydrogens is 501 g/mol. The zero-order valence-electron chi connectivity index (χ0n) is 21.2. The van der Waals surface area contributed by atoms with Crippen LogP contribution in [0.15, 0.2) is 131 Å². The molecule has 188 valence electrons. The highest BCUT2D eigenvalue weighted by Gasteiger charge is 2.08. The van der Waals surface area contributed by atoms with Gasteiger partial charge >= 0.3 is 0 Å². The summed E-state index contributed by atoms with van der Waals surface area (Å²) < 4.78 is 2.56. The maximum Gasteiger partial charge on any atom is 0.0915 e. The topological polar surface area (TPSA) is 24.7 Å². The molecule has 38 heavy (non-hydrogen) atoms. The van der Waals surface area contributed by atoms with Crippen LogP contribution < -0.4 is 7.69 Å². The lowest BCUT2D eigenvalue weighted by atomic mass is 10.1. The van der Waals surface area contributed by atoms with Crippen LogP contribution >= 0.6 is 22.7 Å². The summed E-state index contributed by atoms with van der Waals surface area (Å²) in [5, 5.41) is 0. The van der Waals surface area contributed by atoms with Crippen molar-refractivity contribution in [1.29, 1.82) is 0 Å². The first-order valence-corrected chi connectivity index (χ1v) is 14.5. The minimum atomic E-state index is 0.773. The van der Waals surface area contributed by atoms with E-state index >= 15 is 0 Å². The van der Waals surface area contributed by atoms with E-state index in [2.05, 4.69) is 134 Å². The molecule has 0 fully saturated rings. The standard InChI is InChI=1S/C34H30N2S2/c1-5-13-27(14-6-1)21-23-35-25-31(29-17-9-3-10-18-29)33-37-34(38-33)32(30-19-11-4-12-20-30)26-36-24-22-28-15-7-2-8-16-28/h1-20,25-26H,21-24H2. The third-order valence-corrected chi connectivity index (χ3v) is 8.79. The number of hydrogen-bond acceptors (Lipinski definition) is 4. The lowest BCUT2D eigenvalue weighted by Crippen LogP contribution is -2.18. The molecule has 0 aliphatic carbocycles. The van der Waals surface area contributed by atoms with Crippen LogP contribution in [0, 0.1) is 0 Å². The van der Waals surface area contributed by atoms with Crippen LogP contribution in [-0.2, 0) is 12.8 Å². The Labute approximate surface area is 232 Å². The summed E-state index contributed by atoms with van der Waals surface area (Å²) in [4.78, 5) is 9.62. The summed E-state index contributed by atoms with van der Waals surface area (Å²) in [6.45, 7) is 1.55. The Morgan fingerprint density at radius 3 is 1.18 bits per heavy atom. The second-order valence-electron chi connectivity index (χ2n) is 8.88. The van der Waals surface area contributed by atoms with Gasteiger partial charge in [-0.25, -0.2) is 0 Å². The molecule has 0 radical (unpaired) electrons. The molecule has 0 atom stereocenters. The summed E-state index contributed by atoms with van der Waals surface area (Å²) in [6.07, 6.45) is 6.00. The van der Waals surface area contributed by atoms with Gasteiger partial charge in [0.1, 0.15) is 0 Å². The zero-order valence-corrected chi connectivity index (χ0v) is 22.9. The van der Waals surface area contributed by atoms with Crippen LogP contribution in [0.25, 0.3) is 11.1 Å². The molecule has 1 aromatic heterocycles. The largest absolute Gasteiger partial charge is 0.292 e. The van der Waals surface area contributed by atoms with Crippen LogP contribution in [-0.4, -0.2) is 25.5 Å². The van der Waals surface area contributed by atoms with Crippen molar-refractivity contribution in [2.75, 3.05) is 13.1 Å². The van der Waals surface area contributed by atoms with Gasteiger partial charge in [-0.15, -0.1) is 22.7 Å². The molecule has 0 aliphatic rings. The molecule has 1 heterocycles. The summed E-state index contributed by atoms with van der Waals surface area (Å²) >= 11 is 3.66. The third-order valence-electron chi connectivity index (χ3n) is 6.17. The van der Waals surface area contributed by atoms with Gasteiger partial charge in [-0.1, -0.05) is 121 Å². The van der Waals surface area contributed by atoms with E-state index in [1.54, 1.807) is 0 Å². The molecular formula is C34H30N2S2. The Morgan fingerprint density at radius 2 is 0.816 bits per heavy atom. The summed E-state index contributed by atoms with van der Waals surface area (Å²) in [7, 11) is 0. The van der Waals surface area contributed by atoms with E-state index in [9.17, 15) is 0 Å². The molecule has 5 aromatic rings. The quantitative estimate of drug-likeness (QED) is 0.177. The molecule has 2 nitrogen and oxygen atoms in total. The van der Waals surface area contributed by atoms with E-state index in [4.69, 9.17) is 9.98 Å². The van der Waals surface area contributed by atoms with Gasteiger partial charge in [-0.3, -0.25) is 9.98 Å². The summed E-state index contributed by atoms with van der Waals surface area (Å²) in [6, 6.07) is 42.2. The second kappa shape index (κ2) is 13.6. The minimum absolute atomic E-state index is 0.773. The predicted octanol–water partition coefficient (Wildman–Crippen LogP) is 6.83. The first kappa shape index (κ1) is 25.8. The van der Waals surface area contributed by atoms with Gasteiger partial charge in [-0.2, -0.15) is 0 Å². The number of benzene rings is 4. The average molecular weight is 531 g/mol. The van der Waals surface area contributed by atoms with E-state index in [0.29, 0.717) is 0 Å².